The fourth-order valence-corrected chi connectivity index (χ4v) is 5.20. The van der Waals surface area contributed by atoms with Gasteiger partial charge < -0.3 is 10.1 Å². The molecule has 0 bridgehead atoms. The van der Waals surface area contributed by atoms with Gasteiger partial charge in [-0.1, -0.05) is 65.8 Å². The molecule has 0 aliphatic carbocycles. The van der Waals surface area contributed by atoms with Gasteiger partial charge in [0.15, 0.2) is 5.78 Å². The van der Waals surface area contributed by atoms with Gasteiger partial charge in [0.05, 0.1) is 0 Å². The van der Waals surface area contributed by atoms with Gasteiger partial charge in [0.25, 0.3) is 0 Å². The normalized spacial score (nSPS) is 14.9. The van der Waals surface area contributed by atoms with E-state index in [1.165, 1.54) is 11.5 Å². The second kappa shape index (κ2) is 10.4. The Morgan fingerprint density at radius 1 is 0.944 bits per heavy atom. The molecule has 4 aromatic rings. The Labute approximate surface area is 228 Å². The van der Waals surface area contributed by atoms with Crippen LogP contribution < -0.4 is 0 Å². The van der Waals surface area contributed by atoms with Gasteiger partial charge in [-0.2, -0.15) is 0 Å². The van der Waals surface area contributed by atoms with Crippen LogP contribution in [0.15, 0.2) is 82.4 Å². The number of hydrogen-bond acceptors (Lipinski definition) is 4. The molecule has 0 amide bonds. The summed E-state index contributed by atoms with van der Waals surface area (Å²) in [5.41, 5.74) is 0.975. The molecule has 1 atom stereocenters. The van der Waals surface area contributed by atoms with Crippen LogP contribution in [0, 0.1) is 16.9 Å². The average molecular weight is 677 g/mol. The van der Waals surface area contributed by atoms with Gasteiger partial charge in [-0.25, -0.2) is 0 Å². The van der Waals surface area contributed by atoms with Crippen LogP contribution in [0.4, 0.5) is 0 Å². The number of nitrogens with zero attached hydrogens (tertiary/aromatic N) is 1. The van der Waals surface area contributed by atoms with Gasteiger partial charge in [0.1, 0.15) is 5.76 Å². The van der Waals surface area contributed by atoms with E-state index in [0.29, 0.717) is 0 Å². The predicted octanol–water partition coefficient (Wildman–Crippen LogP) is 7.42. The minimum atomic E-state index is -1.19. The second-order valence-corrected chi connectivity index (χ2v) is 12.2. The predicted molar refractivity (Wildman–Crippen MR) is 143 cm³/mol. The molecule has 1 aliphatic rings. The number of aliphatic hydroxyl groups is 1. The van der Waals surface area contributed by atoms with Crippen molar-refractivity contribution in [3.8, 4) is 11.3 Å². The molecule has 36 heavy (non-hydrogen) atoms. The first-order chi connectivity index (χ1) is 16.4. The third-order valence-corrected chi connectivity index (χ3v) is 7.43. The number of benzene rings is 3. The third kappa shape index (κ3) is 5.36. The summed E-state index contributed by atoms with van der Waals surface area (Å²) in [4.78, 5) is 17.7. The number of carbonyl (C=O) groups is 1. The first kappa shape index (κ1) is 27.9. The molecule has 1 aliphatic heterocycles. The monoisotopic (exact) mass is 677 g/mol. The molecule has 0 spiro atoms. The van der Waals surface area contributed by atoms with E-state index < -0.39 is 16.2 Å². The summed E-state index contributed by atoms with van der Waals surface area (Å²) in [6.07, 6.45) is 3.16. The molecule has 1 unspecified atom stereocenters. The fourth-order valence-electron chi connectivity index (χ4n) is 3.79. The zero-order chi connectivity index (χ0) is 25.5. The number of allylic oxidation sites excluding steroid dienone is 2. The van der Waals surface area contributed by atoms with Crippen LogP contribution in [-0.2, 0) is 35.7 Å². The molecule has 4 nitrogen and oxygen atoms in total. The minimum Gasteiger partial charge on any atom is -0.512 e. The summed E-state index contributed by atoms with van der Waals surface area (Å²) in [7, 11) is -1.19. The smallest absolute Gasteiger partial charge is 0.164 e. The molecule has 2 heterocycles. The van der Waals surface area contributed by atoms with Crippen molar-refractivity contribution in [2.24, 2.45) is 10.8 Å². The number of carbonyl (C=O) groups excluding carboxylic acids is 1. The van der Waals surface area contributed by atoms with Crippen molar-refractivity contribution in [1.82, 2.24) is 4.98 Å². The van der Waals surface area contributed by atoms with E-state index in [9.17, 15) is 14.1 Å². The Kier molecular flexibility index (Phi) is 8.04. The van der Waals surface area contributed by atoms with Gasteiger partial charge in [0, 0.05) is 58.9 Å². The van der Waals surface area contributed by atoms with Gasteiger partial charge in [-0.15, -0.1) is 29.8 Å². The van der Waals surface area contributed by atoms with E-state index in [0.717, 1.165) is 37.2 Å². The number of aliphatic hydroxyl groups excluding tert-OH is 1. The molecule has 0 fully saturated rings. The maximum absolute atomic E-state index is 13.0. The van der Waals surface area contributed by atoms with E-state index in [1.54, 1.807) is 0 Å². The summed E-state index contributed by atoms with van der Waals surface area (Å²) in [6, 6.07) is 21.1. The SMILES string of the molecule is CC(C)(C)C(=O)/C=C(\O)C(C)(C)C.O=S1c2ccc[c-]c2-c2nccc3c2c1cc1ccccc13.[Ir]. The van der Waals surface area contributed by atoms with Crippen molar-refractivity contribution in [2.45, 2.75) is 51.3 Å². The van der Waals surface area contributed by atoms with Crippen LogP contribution in [-0.4, -0.2) is 20.1 Å². The van der Waals surface area contributed by atoms with Crippen molar-refractivity contribution in [1.29, 1.82) is 0 Å². The molecule has 189 valence electrons. The van der Waals surface area contributed by atoms with Gasteiger partial charge in [-0.3, -0.25) is 9.00 Å². The molecule has 1 radical (unpaired) electrons. The number of pyridine rings is 1. The Morgan fingerprint density at radius 2 is 1.64 bits per heavy atom. The van der Waals surface area contributed by atoms with Crippen LogP contribution in [0.25, 0.3) is 32.8 Å². The maximum atomic E-state index is 13.0. The van der Waals surface area contributed by atoms with E-state index in [2.05, 4.69) is 23.2 Å². The molecular formula is C30H30IrNO3S-. The van der Waals surface area contributed by atoms with E-state index in [4.69, 9.17) is 0 Å². The van der Waals surface area contributed by atoms with Crippen LogP contribution >= 0.6 is 0 Å². The molecule has 1 aromatic heterocycles. The van der Waals surface area contributed by atoms with Crippen molar-refractivity contribution in [3.63, 3.8) is 0 Å². The third-order valence-electron chi connectivity index (χ3n) is 5.96. The maximum Gasteiger partial charge on any atom is 0.164 e. The molecule has 0 saturated heterocycles. The standard InChI is InChI=1S/C19H10NOS.C11H20O2.Ir/c21-22-16-8-4-3-7-15(16)19-18-14(9-10-20-19)13-6-2-1-5-12(13)11-17(18)22;1-10(2,3)8(12)7-9(13)11(4,5)6;/h1-6,8-11H;7,12H,1-6H3;/q-1;;/b;8-7-;. The quantitative estimate of drug-likeness (QED) is 0.0869. The van der Waals surface area contributed by atoms with Crippen LogP contribution in [0.1, 0.15) is 41.5 Å². The van der Waals surface area contributed by atoms with Gasteiger partial charge in [0.2, 0.25) is 0 Å². The summed E-state index contributed by atoms with van der Waals surface area (Å²) >= 11 is 0. The largest absolute Gasteiger partial charge is 0.512 e. The molecule has 5 rings (SSSR count). The first-order valence-corrected chi connectivity index (χ1v) is 12.7. The average Bonchev–Trinajstić information content (AvgIpc) is 2.81. The van der Waals surface area contributed by atoms with Crippen LogP contribution in [0.5, 0.6) is 0 Å². The van der Waals surface area contributed by atoms with Crippen molar-refractivity contribution >= 4 is 38.1 Å². The summed E-state index contributed by atoms with van der Waals surface area (Å²) < 4.78 is 13.0. The topological polar surface area (TPSA) is 67.3 Å². The summed E-state index contributed by atoms with van der Waals surface area (Å²) in [6.45, 7) is 11.1. The molecule has 0 saturated carbocycles. The Morgan fingerprint density at radius 3 is 2.31 bits per heavy atom. The molecular weight excluding hydrogens is 647 g/mol. The minimum absolute atomic E-state index is 0. The molecule has 3 aromatic carbocycles. The first-order valence-electron chi connectivity index (χ1n) is 11.6. The van der Waals surface area contributed by atoms with E-state index in [-0.39, 0.29) is 37.1 Å². The van der Waals surface area contributed by atoms with E-state index >= 15 is 0 Å². The Hall–Kier alpha value is -2.66. The van der Waals surface area contributed by atoms with Gasteiger partial charge in [-0.05, 0) is 44.3 Å². The van der Waals surface area contributed by atoms with Crippen molar-refractivity contribution in [3.05, 3.63) is 78.7 Å². The fraction of sp³-hybridized carbons (Fsp3) is 0.267. The number of rotatable bonds is 1. The number of ketones is 1. The van der Waals surface area contributed by atoms with Crippen molar-refractivity contribution < 1.29 is 34.2 Å². The number of hydrogen-bond donors (Lipinski definition) is 1. The Bertz CT molecular complexity index is 1510. The van der Waals surface area contributed by atoms with E-state index in [1.807, 2.05) is 90.2 Å². The summed E-state index contributed by atoms with van der Waals surface area (Å²) in [5, 5.41) is 13.9. The zero-order valence-electron chi connectivity index (χ0n) is 21.3. The van der Waals surface area contributed by atoms with Crippen molar-refractivity contribution in [2.75, 3.05) is 0 Å². The number of fused-ring (bicyclic) bond motifs is 4. The van der Waals surface area contributed by atoms with Crippen LogP contribution in [0.3, 0.4) is 0 Å². The van der Waals surface area contributed by atoms with Crippen LogP contribution in [0.2, 0.25) is 0 Å². The molecule has 6 heteroatoms. The summed E-state index contributed by atoms with van der Waals surface area (Å²) in [5.74, 6) is 0.104. The van der Waals surface area contributed by atoms with Gasteiger partial charge >= 0.3 is 0 Å². The molecule has 1 N–H and O–H groups in total. The second-order valence-electron chi connectivity index (χ2n) is 10.7. The number of aromatic nitrogens is 1. The zero-order valence-corrected chi connectivity index (χ0v) is 24.5. The Balaban J connectivity index is 0.000000226.